The maximum Gasteiger partial charge on any atom is 0.338 e. The van der Waals surface area contributed by atoms with Gasteiger partial charge in [0.2, 0.25) is 5.79 Å². The first-order valence-corrected chi connectivity index (χ1v) is 3.82. The van der Waals surface area contributed by atoms with Crippen LogP contribution in [0.3, 0.4) is 0 Å². The number of aliphatic hydroxyl groups excluding tert-OH is 1. The minimum absolute atomic E-state index is 0.117. The highest BCUT2D eigenvalue weighted by atomic mass is 31.2. The lowest BCUT2D eigenvalue weighted by atomic mass is 10.2. The summed E-state index contributed by atoms with van der Waals surface area (Å²) in [4.78, 5) is 0. The van der Waals surface area contributed by atoms with Gasteiger partial charge in [-0.3, -0.25) is 9.05 Å². The second-order valence-corrected chi connectivity index (χ2v) is 3.15. The summed E-state index contributed by atoms with van der Waals surface area (Å²) < 4.78 is 15.2. The summed E-state index contributed by atoms with van der Waals surface area (Å²) in [6, 6.07) is 0. The van der Waals surface area contributed by atoms with Gasteiger partial charge in [0.25, 0.3) is 0 Å². The average Bonchev–Trinajstić information content (AvgIpc) is 2.17. The van der Waals surface area contributed by atoms with Crippen molar-refractivity contribution < 1.29 is 18.7 Å². The van der Waals surface area contributed by atoms with Crippen LogP contribution >= 0.6 is 8.60 Å². The van der Waals surface area contributed by atoms with Crippen LogP contribution in [0.25, 0.3) is 0 Å². The molecule has 1 unspecified atom stereocenters. The third kappa shape index (κ3) is 0.600. The van der Waals surface area contributed by atoms with Crippen molar-refractivity contribution in [1.82, 2.24) is 0 Å². The predicted octanol–water partition coefficient (Wildman–Crippen LogP) is 0.367. The lowest BCUT2D eigenvalue weighted by molar-refractivity contribution is -0.192. The summed E-state index contributed by atoms with van der Waals surface area (Å²) in [7, 11) is -1.08. The van der Waals surface area contributed by atoms with Crippen molar-refractivity contribution in [3.05, 3.63) is 0 Å². The Bertz CT molecular complexity index is 133. The van der Waals surface area contributed by atoms with Crippen LogP contribution in [-0.4, -0.2) is 23.6 Å². The van der Waals surface area contributed by atoms with Crippen LogP contribution < -0.4 is 0 Å². The summed E-state index contributed by atoms with van der Waals surface area (Å²) in [5.41, 5.74) is 0. The molecule has 4 nitrogen and oxygen atoms in total. The van der Waals surface area contributed by atoms with Crippen LogP contribution in [0.5, 0.6) is 0 Å². The second kappa shape index (κ2) is 1.65. The van der Waals surface area contributed by atoms with Crippen molar-refractivity contribution in [3.8, 4) is 0 Å². The molecule has 3 heterocycles. The highest BCUT2D eigenvalue weighted by molar-refractivity contribution is 7.43. The van der Waals surface area contributed by atoms with Gasteiger partial charge in [-0.05, 0) is 6.92 Å². The van der Waals surface area contributed by atoms with Gasteiger partial charge in [-0.25, -0.2) is 0 Å². The summed E-state index contributed by atoms with van der Waals surface area (Å²) in [6.07, 6.45) is -0.117. The molecular formula is C4H7O4P. The van der Waals surface area contributed by atoms with Crippen molar-refractivity contribution in [3.63, 3.8) is 0 Å². The maximum atomic E-state index is 8.71. The van der Waals surface area contributed by atoms with E-state index in [4.69, 9.17) is 18.7 Å². The van der Waals surface area contributed by atoms with Crippen molar-refractivity contribution in [2.45, 2.75) is 18.8 Å². The molecule has 5 heteroatoms. The van der Waals surface area contributed by atoms with Gasteiger partial charge in [-0.2, -0.15) is 0 Å². The number of fused-ring (bicyclic) bond motifs is 1. The monoisotopic (exact) mass is 150 g/mol. The largest absolute Gasteiger partial charge is 0.391 e. The van der Waals surface area contributed by atoms with E-state index in [9.17, 15) is 0 Å². The van der Waals surface area contributed by atoms with E-state index in [2.05, 4.69) is 0 Å². The fraction of sp³-hybridized carbons (Fsp3) is 1.00. The van der Waals surface area contributed by atoms with E-state index < -0.39 is 14.4 Å². The average molecular weight is 150 g/mol. The van der Waals surface area contributed by atoms with Gasteiger partial charge in [0.05, 0.1) is 0 Å². The Morgan fingerprint density at radius 2 is 2.33 bits per heavy atom. The van der Waals surface area contributed by atoms with Gasteiger partial charge >= 0.3 is 8.60 Å². The van der Waals surface area contributed by atoms with Crippen LogP contribution in [0.1, 0.15) is 6.92 Å². The van der Waals surface area contributed by atoms with Crippen molar-refractivity contribution in [2.75, 3.05) is 6.61 Å². The molecule has 3 rings (SSSR count). The molecule has 3 saturated heterocycles. The highest BCUT2D eigenvalue weighted by Gasteiger charge is 2.62. The number of rotatable bonds is 1. The van der Waals surface area contributed by atoms with Crippen LogP contribution in [0.15, 0.2) is 0 Å². The summed E-state index contributed by atoms with van der Waals surface area (Å²) in [5, 5.41) is 8.71. The molecule has 0 aromatic carbocycles. The normalized spacial score (nSPS) is 55.3. The van der Waals surface area contributed by atoms with Gasteiger partial charge in [0.15, 0.2) is 0 Å². The zero-order chi connectivity index (χ0) is 6.48. The molecule has 2 bridgehead atoms. The Kier molecular flexibility index (Phi) is 1.10. The standard InChI is InChI=1S/C4H7O4P/c1-3-4(2-5)7-9(6-3)8-4/h3,5H,2H2,1H3. The Labute approximate surface area is 53.7 Å². The molecule has 0 aromatic heterocycles. The number of hydrogen-bond acceptors (Lipinski definition) is 4. The first-order valence-electron chi connectivity index (χ1n) is 2.73. The lowest BCUT2D eigenvalue weighted by Crippen LogP contribution is -2.45. The first-order chi connectivity index (χ1) is 4.27. The summed E-state index contributed by atoms with van der Waals surface area (Å²) in [5.74, 6) is -0.800. The molecule has 1 N–H and O–H groups in total. The lowest BCUT2D eigenvalue weighted by Gasteiger charge is -2.33. The molecule has 0 radical (unpaired) electrons. The van der Waals surface area contributed by atoms with Crippen molar-refractivity contribution in [1.29, 1.82) is 0 Å². The smallest absolute Gasteiger partial charge is 0.338 e. The quantitative estimate of drug-likeness (QED) is 0.548. The molecule has 0 aliphatic carbocycles. The summed E-state index contributed by atoms with van der Waals surface area (Å²) in [6.45, 7) is 1.71. The van der Waals surface area contributed by atoms with Crippen molar-refractivity contribution in [2.24, 2.45) is 0 Å². The molecule has 1 atom stereocenters. The molecule has 3 aliphatic heterocycles. The third-order valence-corrected chi connectivity index (χ3v) is 2.95. The van der Waals surface area contributed by atoms with E-state index in [1.165, 1.54) is 0 Å². The predicted molar refractivity (Wildman–Crippen MR) is 29.5 cm³/mol. The Hall–Kier alpha value is 0.270. The Morgan fingerprint density at radius 1 is 1.67 bits per heavy atom. The molecule has 0 aromatic rings. The van der Waals surface area contributed by atoms with Crippen LogP contribution in [0.2, 0.25) is 0 Å². The van der Waals surface area contributed by atoms with Crippen LogP contribution in [0.4, 0.5) is 0 Å². The first kappa shape index (κ1) is 6.01. The molecule has 0 amide bonds. The number of hydrogen-bond donors (Lipinski definition) is 1. The molecule has 9 heavy (non-hydrogen) atoms. The Morgan fingerprint density at radius 3 is 2.56 bits per heavy atom. The van der Waals surface area contributed by atoms with Crippen LogP contribution in [0, 0.1) is 0 Å². The van der Waals surface area contributed by atoms with Gasteiger partial charge < -0.3 is 9.63 Å². The fourth-order valence-corrected chi connectivity index (χ4v) is 2.28. The highest BCUT2D eigenvalue weighted by Crippen LogP contribution is 2.67. The van der Waals surface area contributed by atoms with E-state index in [0.717, 1.165) is 0 Å². The molecule has 0 saturated carbocycles. The van der Waals surface area contributed by atoms with Gasteiger partial charge in [0, 0.05) is 0 Å². The van der Waals surface area contributed by atoms with E-state index in [0.29, 0.717) is 0 Å². The van der Waals surface area contributed by atoms with E-state index in [1.54, 1.807) is 0 Å². The van der Waals surface area contributed by atoms with E-state index in [-0.39, 0.29) is 12.7 Å². The minimum atomic E-state index is -1.08. The zero-order valence-corrected chi connectivity index (χ0v) is 5.80. The summed E-state index contributed by atoms with van der Waals surface area (Å²) >= 11 is 0. The van der Waals surface area contributed by atoms with Gasteiger partial charge in [-0.1, -0.05) is 0 Å². The minimum Gasteiger partial charge on any atom is -0.391 e. The van der Waals surface area contributed by atoms with Gasteiger partial charge in [-0.15, -0.1) is 0 Å². The fourth-order valence-electron chi connectivity index (χ4n) is 0.846. The topological polar surface area (TPSA) is 47.9 Å². The zero-order valence-electron chi connectivity index (χ0n) is 4.90. The molecular weight excluding hydrogens is 143 g/mol. The molecule has 3 fully saturated rings. The van der Waals surface area contributed by atoms with E-state index >= 15 is 0 Å². The van der Waals surface area contributed by atoms with Crippen LogP contribution in [-0.2, 0) is 13.6 Å². The maximum absolute atomic E-state index is 8.71. The van der Waals surface area contributed by atoms with Crippen molar-refractivity contribution >= 4 is 8.60 Å². The molecule has 0 spiro atoms. The molecule has 3 aliphatic rings. The molecule has 52 valence electrons. The third-order valence-electron chi connectivity index (χ3n) is 1.54. The van der Waals surface area contributed by atoms with Gasteiger partial charge in [0.1, 0.15) is 12.7 Å². The second-order valence-electron chi connectivity index (χ2n) is 2.12. The van der Waals surface area contributed by atoms with E-state index in [1.807, 2.05) is 6.92 Å². The Balaban J connectivity index is 2.15. The number of aliphatic hydroxyl groups is 1. The SMILES string of the molecule is CC1OP2OC1(CO)O2.